The topological polar surface area (TPSA) is 53.0 Å². The number of aliphatic hydroxyl groups excluding tert-OH is 1. The van der Waals surface area contributed by atoms with E-state index in [0.717, 1.165) is 70.8 Å². The minimum Gasteiger partial charge on any atom is -0.392 e. The Labute approximate surface area is 150 Å². The Morgan fingerprint density at radius 1 is 1.20 bits per heavy atom. The molecule has 1 aromatic carbocycles. The van der Waals surface area contributed by atoms with Gasteiger partial charge in [0.15, 0.2) is 0 Å². The highest BCUT2D eigenvalue weighted by Gasteiger charge is 2.26. The molecule has 0 saturated carbocycles. The number of morpholine rings is 1. The summed E-state index contributed by atoms with van der Waals surface area (Å²) in [5, 5.41) is 9.25. The number of likely N-dealkylation sites (tertiary alicyclic amines) is 1. The fourth-order valence-electron chi connectivity index (χ4n) is 3.85. The number of ether oxygens (including phenoxy) is 1. The molecule has 2 aliphatic rings. The normalized spacial score (nSPS) is 21.6. The highest BCUT2D eigenvalue weighted by Crippen LogP contribution is 2.22. The first-order valence-electron chi connectivity index (χ1n) is 9.51. The molecule has 2 heterocycles. The molecular formula is C20H30N2O3. The first-order valence-corrected chi connectivity index (χ1v) is 9.51. The first-order chi connectivity index (χ1) is 12.2. The number of carbonyl (C=O) groups is 1. The van der Waals surface area contributed by atoms with Gasteiger partial charge in [-0.2, -0.15) is 0 Å². The van der Waals surface area contributed by atoms with Crippen LogP contribution in [0.1, 0.15) is 30.4 Å². The third kappa shape index (κ3) is 5.53. The Morgan fingerprint density at radius 2 is 2.00 bits per heavy atom. The van der Waals surface area contributed by atoms with Gasteiger partial charge in [-0.05, 0) is 42.9 Å². The van der Waals surface area contributed by atoms with Crippen molar-refractivity contribution in [2.45, 2.75) is 32.3 Å². The standard InChI is InChI=1S/C20H30N2O3/c23-16-19-4-1-3-17(14-19)13-18-6-8-22(15-18)20(24)5-2-7-21-9-11-25-12-10-21/h1,3-4,14,18,23H,2,5-13,15-16H2/t18-/m0/s1. The van der Waals surface area contributed by atoms with Crippen molar-refractivity contribution in [2.75, 3.05) is 45.9 Å². The van der Waals surface area contributed by atoms with Crippen LogP contribution in [0, 0.1) is 5.92 Å². The van der Waals surface area contributed by atoms with Gasteiger partial charge >= 0.3 is 0 Å². The van der Waals surface area contributed by atoms with Crippen LogP contribution in [0.4, 0.5) is 0 Å². The molecule has 5 nitrogen and oxygen atoms in total. The number of nitrogens with zero attached hydrogens (tertiary/aromatic N) is 2. The van der Waals surface area contributed by atoms with Gasteiger partial charge in [0.1, 0.15) is 0 Å². The highest BCUT2D eigenvalue weighted by molar-refractivity contribution is 5.76. The second-order valence-corrected chi connectivity index (χ2v) is 7.23. The lowest BCUT2D eigenvalue weighted by atomic mass is 9.97. The molecule has 2 fully saturated rings. The van der Waals surface area contributed by atoms with Crippen LogP contribution in [0.3, 0.4) is 0 Å². The van der Waals surface area contributed by atoms with Gasteiger partial charge in [0.05, 0.1) is 19.8 Å². The molecule has 25 heavy (non-hydrogen) atoms. The summed E-state index contributed by atoms with van der Waals surface area (Å²) in [4.78, 5) is 16.9. The second kappa shape index (κ2) is 9.32. The van der Waals surface area contributed by atoms with Crippen molar-refractivity contribution in [3.05, 3.63) is 35.4 Å². The monoisotopic (exact) mass is 346 g/mol. The number of benzene rings is 1. The van der Waals surface area contributed by atoms with Crippen molar-refractivity contribution in [2.24, 2.45) is 5.92 Å². The van der Waals surface area contributed by atoms with E-state index in [4.69, 9.17) is 4.74 Å². The molecule has 1 N–H and O–H groups in total. The van der Waals surface area contributed by atoms with E-state index in [1.165, 1.54) is 5.56 Å². The van der Waals surface area contributed by atoms with Gasteiger partial charge in [0.2, 0.25) is 5.91 Å². The van der Waals surface area contributed by atoms with Crippen molar-refractivity contribution in [1.29, 1.82) is 0 Å². The molecule has 5 heteroatoms. The molecule has 0 radical (unpaired) electrons. The van der Waals surface area contributed by atoms with E-state index in [2.05, 4.69) is 17.0 Å². The molecule has 1 atom stereocenters. The van der Waals surface area contributed by atoms with Crippen LogP contribution in [-0.4, -0.2) is 66.8 Å². The average Bonchev–Trinajstić information content (AvgIpc) is 3.11. The number of rotatable bonds is 7. The lowest BCUT2D eigenvalue weighted by Crippen LogP contribution is -2.37. The molecule has 2 saturated heterocycles. The van der Waals surface area contributed by atoms with E-state index in [1.54, 1.807) is 0 Å². The van der Waals surface area contributed by atoms with E-state index in [-0.39, 0.29) is 6.61 Å². The van der Waals surface area contributed by atoms with Crippen molar-refractivity contribution in [3.63, 3.8) is 0 Å². The summed E-state index contributed by atoms with van der Waals surface area (Å²) in [5.74, 6) is 0.844. The van der Waals surface area contributed by atoms with Gasteiger partial charge in [0, 0.05) is 32.6 Å². The van der Waals surface area contributed by atoms with E-state index in [1.807, 2.05) is 17.0 Å². The van der Waals surface area contributed by atoms with Gasteiger partial charge in [-0.15, -0.1) is 0 Å². The largest absolute Gasteiger partial charge is 0.392 e. The summed E-state index contributed by atoms with van der Waals surface area (Å²) >= 11 is 0. The van der Waals surface area contributed by atoms with Gasteiger partial charge in [-0.25, -0.2) is 0 Å². The maximum atomic E-state index is 12.4. The van der Waals surface area contributed by atoms with Crippen LogP contribution >= 0.6 is 0 Å². The number of hydrogen-bond acceptors (Lipinski definition) is 4. The molecule has 0 unspecified atom stereocenters. The lowest BCUT2D eigenvalue weighted by molar-refractivity contribution is -0.130. The lowest BCUT2D eigenvalue weighted by Gasteiger charge is -2.26. The zero-order chi connectivity index (χ0) is 17.5. The van der Waals surface area contributed by atoms with Crippen LogP contribution in [0.25, 0.3) is 0 Å². The van der Waals surface area contributed by atoms with Crippen LogP contribution in [0.5, 0.6) is 0 Å². The molecule has 0 aliphatic carbocycles. The van der Waals surface area contributed by atoms with Crippen molar-refractivity contribution < 1.29 is 14.6 Å². The van der Waals surface area contributed by atoms with Crippen molar-refractivity contribution >= 4 is 5.91 Å². The van der Waals surface area contributed by atoms with Crippen molar-refractivity contribution in [3.8, 4) is 0 Å². The predicted molar refractivity (Wildman–Crippen MR) is 97.2 cm³/mol. The number of carbonyl (C=O) groups excluding carboxylic acids is 1. The zero-order valence-corrected chi connectivity index (χ0v) is 15.0. The van der Waals surface area contributed by atoms with E-state index < -0.39 is 0 Å². The summed E-state index contributed by atoms with van der Waals surface area (Å²) in [7, 11) is 0. The molecule has 2 aliphatic heterocycles. The van der Waals surface area contributed by atoms with E-state index in [0.29, 0.717) is 18.2 Å². The maximum absolute atomic E-state index is 12.4. The number of amides is 1. The van der Waals surface area contributed by atoms with E-state index >= 15 is 0 Å². The summed E-state index contributed by atoms with van der Waals surface area (Å²) in [6, 6.07) is 8.14. The van der Waals surface area contributed by atoms with Gasteiger partial charge in [0.25, 0.3) is 0 Å². The van der Waals surface area contributed by atoms with E-state index in [9.17, 15) is 9.90 Å². The van der Waals surface area contributed by atoms with Gasteiger partial charge < -0.3 is 14.7 Å². The van der Waals surface area contributed by atoms with Crippen molar-refractivity contribution in [1.82, 2.24) is 9.80 Å². The summed E-state index contributed by atoms with van der Waals surface area (Å²) in [6.45, 7) is 6.48. The number of aliphatic hydroxyl groups is 1. The minimum absolute atomic E-state index is 0.0895. The predicted octanol–water partition coefficient (Wildman–Crippen LogP) is 1.68. The number of hydrogen-bond donors (Lipinski definition) is 1. The molecule has 3 rings (SSSR count). The smallest absolute Gasteiger partial charge is 0.222 e. The third-order valence-corrected chi connectivity index (χ3v) is 5.31. The first kappa shape index (κ1) is 18.4. The Morgan fingerprint density at radius 3 is 2.80 bits per heavy atom. The Kier molecular flexibility index (Phi) is 6.84. The molecular weight excluding hydrogens is 316 g/mol. The second-order valence-electron chi connectivity index (χ2n) is 7.23. The average molecular weight is 346 g/mol. The Balaban J connectivity index is 1.38. The molecule has 0 spiro atoms. The summed E-state index contributed by atoms with van der Waals surface area (Å²) in [6.07, 6.45) is 3.67. The quantitative estimate of drug-likeness (QED) is 0.816. The van der Waals surface area contributed by atoms with Crippen LogP contribution in [0.15, 0.2) is 24.3 Å². The van der Waals surface area contributed by atoms with Gasteiger partial charge in [-0.1, -0.05) is 24.3 Å². The fraction of sp³-hybridized carbons (Fsp3) is 0.650. The summed E-state index contributed by atoms with van der Waals surface area (Å²) < 4.78 is 5.35. The Bertz CT molecular complexity index is 558. The third-order valence-electron chi connectivity index (χ3n) is 5.31. The molecule has 1 aromatic rings. The fourth-order valence-corrected chi connectivity index (χ4v) is 3.85. The Hall–Kier alpha value is -1.43. The van der Waals surface area contributed by atoms with Crippen LogP contribution in [-0.2, 0) is 22.6 Å². The zero-order valence-electron chi connectivity index (χ0n) is 15.0. The highest BCUT2D eigenvalue weighted by atomic mass is 16.5. The minimum atomic E-state index is 0.0895. The molecule has 0 aromatic heterocycles. The molecule has 138 valence electrons. The maximum Gasteiger partial charge on any atom is 0.222 e. The molecule has 1 amide bonds. The SMILES string of the molecule is O=C(CCCN1CCOCC1)N1CC[C@@H](Cc2cccc(CO)c2)C1. The van der Waals surface area contributed by atoms with Crippen LogP contribution in [0.2, 0.25) is 0 Å². The van der Waals surface area contributed by atoms with Crippen LogP contribution < -0.4 is 0 Å². The summed E-state index contributed by atoms with van der Waals surface area (Å²) in [5.41, 5.74) is 2.23. The molecule has 0 bridgehead atoms. The van der Waals surface area contributed by atoms with Gasteiger partial charge in [-0.3, -0.25) is 9.69 Å².